The van der Waals surface area contributed by atoms with Crippen LogP contribution in [-0.2, 0) is 10.8 Å². The second-order valence-corrected chi connectivity index (χ2v) is 14.3. The summed E-state index contributed by atoms with van der Waals surface area (Å²) in [4.78, 5) is 17.6. The molecule has 34 heavy (non-hydrogen) atoms. The van der Waals surface area contributed by atoms with Gasteiger partial charge in [0.05, 0.1) is 23.3 Å². The second kappa shape index (κ2) is 10.4. The number of ether oxygens (including phenoxy) is 1. The van der Waals surface area contributed by atoms with Gasteiger partial charge < -0.3 is 19.2 Å². The molecule has 2 heterocycles. The number of amides is 1. The van der Waals surface area contributed by atoms with Gasteiger partial charge in [0.25, 0.3) is 0 Å². The first kappa shape index (κ1) is 26.8. The molecule has 3 rings (SSSR count). The molecule has 0 saturated carbocycles. The number of nitrogens with zero attached hydrogens (tertiary/aromatic N) is 2. The molecule has 0 aliphatic carbocycles. The van der Waals surface area contributed by atoms with E-state index in [1.165, 1.54) is 4.90 Å². The number of halogens is 1. The van der Waals surface area contributed by atoms with E-state index in [2.05, 4.69) is 39.6 Å². The fraction of sp³-hybridized carbons (Fsp3) is 0.615. The van der Waals surface area contributed by atoms with Crippen molar-refractivity contribution in [1.29, 1.82) is 0 Å². The summed E-state index contributed by atoms with van der Waals surface area (Å²) in [5.74, 6) is 0.789. The Labute approximate surface area is 210 Å². The molecule has 1 N–H and O–H groups in total. The van der Waals surface area contributed by atoms with E-state index < -0.39 is 15.9 Å². The van der Waals surface area contributed by atoms with E-state index in [1.54, 1.807) is 13.3 Å². The van der Waals surface area contributed by atoms with Crippen LogP contribution in [0.5, 0.6) is 5.75 Å². The predicted molar refractivity (Wildman–Crippen MR) is 141 cm³/mol. The van der Waals surface area contributed by atoms with Gasteiger partial charge in [0.15, 0.2) is 9.76 Å². The van der Waals surface area contributed by atoms with E-state index >= 15 is 0 Å². The van der Waals surface area contributed by atoms with E-state index in [-0.39, 0.29) is 16.1 Å². The van der Waals surface area contributed by atoms with E-state index in [0.717, 1.165) is 54.3 Å². The van der Waals surface area contributed by atoms with Crippen molar-refractivity contribution in [2.45, 2.75) is 77.4 Å². The zero-order valence-corrected chi connectivity index (χ0v) is 23.6. The van der Waals surface area contributed by atoms with Crippen molar-refractivity contribution in [3.63, 3.8) is 0 Å². The SMILES string of the molecule is COc1ccc2ncc(Cl)c(CCCC3(C(C)(C)O[SiH2]C(C)(C)C)CCN(C(=O)O)CC3)c2c1. The lowest BCUT2D eigenvalue weighted by Crippen LogP contribution is -2.54. The predicted octanol–water partition coefficient (Wildman–Crippen LogP) is 6.08. The number of carbonyl (C=O) groups is 1. The number of likely N-dealkylation sites (tertiary alicyclic amines) is 1. The lowest BCUT2D eigenvalue weighted by atomic mass is 9.64. The van der Waals surface area contributed by atoms with Crippen LogP contribution in [0.3, 0.4) is 0 Å². The Balaban J connectivity index is 1.83. The monoisotopic (exact) mass is 506 g/mol. The van der Waals surface area contributed by atoms with Crippen molar-refractivity contribution in [1.82, 2.24) is 9.88 Å². The first-order valence-corrected chi connectivity index (χ1v) is 13.8. The topological polar surface area (TPSA) is 71.9 Å². The number of aromatic nitrogens is 1. The fourth-order valence-corrected chi connectivity index (χ4v) is 6.36. The molecule has 1 aliphatic heterocycles. The summed E-state index contributed by atoms with van der Waals surface area (Å²) in [7, 11) is 0.908. The maximum Gasteiger partial charge on any atom is 0.407 e. The lowest BCUT2D eigenvalue weighted by molar-refractivity contribution is -0.0744. The van der Waals surface area contributed by atoms with Gasteiger partial charge in [-0.3, -0.25) is 4.98 Å². The Hall–Kier alpha value is -1.83. The Morgan fingerprint density at radius 3 is 2.50 bits per heavy atom. The molecular formula is C26H39ClN2O4Si. The summed E-state index contributed by atoms with van der Waals surface area (Å²) in [5, 5.41) is 11.4. The van der Waals surface area contributed by atoms with E-state index in [4.69, 9.17) is 20.8 Å². The fourth-order valence-electron chi connectivity index (χ4n) is 5.02. The highest BCUT2D eigenvalue weighted by Gasteiger charge is 2.47. The molecule has 1 fully saturated rings. The first-order valence-electron chi connectivity index (χ1n) is 12.1. The minimum Gasteiger partial charge on any atom is -0.497 e. The van der Waals surface area contributed by atoms with Crippen molar-refractivity contribution in [3.05, 3.63) is 35.0 Å². The van der Waals surface area contributed by atoms with Gasteiger partial charge in [-0.1, -0.05) is 32.4 Å². The standard InChI is InChI=1S/C26H39ClN2O4Si/c1-24(2,3)34-33-25(4,5)26(12-14-29(15-13-26)23(30)31)11-7-8-19-20-16-18(32-6)9-10-22(20)28-17-21(19)27/h9-10,16-17H,7-8,11-15,34H2,1-6H3,(H,30,31). The van der Waals surface area contributed by atoms with Crippen LogP contribution in [0.1, 0.15) is 65.9 Å². The zero-order valence-electron chi connectivity index (χ0n) is 21.4. The molecule has 0 bridgehead atoms. The number of aryl methyl sites for hydroxylation is 1. The summed E-state index contributed by atoms with van der Waals surface area (Å²) in [6, 6.07) is 5.88. The average Bonchev–Trinajstić information content (AvgIpc) is 2.78. The summed E-state index contributed by atoms with van der Waals surface area (Å²) in [6.45, 7) is 12.2. The molecular weight excluding hydrogens is 468 g/mol. The Morgan fingerprint density at radius 2 is 1.91 bits per heavy atom. The molecule has 1 amide bonds. The summed E-state index contributed by atoms with van der Waals surface area (Å²) in [6.07, 6.45) is 5.23. The molecule has 2 aromatic rings. The molecule has 0 unspecified atom stereocenters. The van der Waals surface area contributed by atoms with E-state index in [1.807, 2.05) is 18.2 Å². The Kier molecular flexibility index (Phi) is 8.20. The number of benzene rings is 1. The van der Waals surface area contributed by atoms with Crippen LogP contribution in [0, 0.1) is 5.41 Å². The van der Waals surface area contributed by atoms with Crippen molar-refractivity contribution in [3.8, 4) is 5.75 Å². The highest BCUT2D eigenvalue weighted by molar-refractivity contribution is 6.32. The van der Waals surface area contributed by atoms with Gasteiger partial charge in [0.2, 0.25) is 0 Å². The van der Waals surface area contributed by atoms with Crippen molar-refractivity contribution in [2.75, 3.05) is 20.2 Å². The Morgan fingerprint density at radius 1 is 1.24 bits per heavy atom. The third-order valence-electron chi connectivity index (χ3n) is 7.35. The van der Waals surface area contributed by atoms with Gasteiger partial charge in [-0.2, -0.15) is 0 Å². The van der Waals surface area contributed by atoms with E-state index in [0.29, 0.717) is 18.1 Å². The number of methoxy groups -OCH3 is 1. The zero-order chi connectivity index (χ0) is 25.1. The number of hydrogen-bond acceptors (Lipinski definition) is 4. The van der Waals surface area contributed by atoms with Crippen LogP contribution in [-0.4, -0.2) is 56.6 Å². The summed E-state index contributed by atoms with van der Waals surface area (Å²) in [5.41, 5.74) is 1.60. The van der Waals surface area contributed by atoms with Crippen LogP contribution >= 0.6 is 11.6 Å². The first-order chi connectivity index (χ1) is 15.9. The number of hydrogen-bond donors (Lipinski definition) is 1. The average molecular weight is 507 g/mol. The van der Waals surface area contributed by atoms with Crippen molar-refractivity contribution < 1.29 is 19.1 Å². The Bertz CT molecular complexity index is 1010. The number of piperidine rings is 1. The van der Waals surface area contributed by atoms with Gasteiger partial charge >= 0.3 is 6.09 Å². The molecule has 188 valence electrons. The highest BCUT2D eigenvalue weighted by Crippen LogP contribution is 2.48. The molecule has 0 radical (unpaired) electrons. The van der Waals surface area contributed by atoms with Gasteiger partial charge in [0.1, 0.15) is 5.75 Å². The van der Waals surface area contributed by atoms with Crippen LogP contribution in [0.2, 0.25) is 10.1 Å². The normalized spacial score (nSPS) is 17.0. The van der Waals surface area contributed by atoms with Crippen LogP contribution in [0.15, 0.2) is 24.4 Å². The number of fused-ring (bicyclic) bond motifs is 1. The molecule has 0 atom stereocenters. The number of carboxylic acid groups (broad SMARTS) is 1. The maximum absolute atomic E-state index is 11.6. The molecule has 1 aliphatic rings. The summed E-state index contributed by atoms with van der Waals surface area (Å²) < 4.78 is 12.1. The van der Waals surface area contributed by atoms with E-state index in [9.17, 15) is 9.90 Å². The largest absolute Gasteiger partial charge is 0.497 e. The van der Waals surface area contributed by atoms with Gasteiger partial charge in [0, 0.05) is 30.1 Å². The lowest BCUT2D eigenvalue weighted by Gasteiger charge is -2.52. The molecule has 8 heteroatoms. The second-order valence-electron chi connectivity index (χ2n) is 11.2. The van der Waals surface area contributed by atoms with Crippen molar-refractivity contribution >= 4 is 38.4 Å². The third kappa shape index (κ3) is 6.04. The smallest absolute Gasteiger partial charge is 0.407 e. The van der Waals surface area contributed by atoms with Crippen LogP contribution < -0.4 is 4.74 Å². The quantitative estimate of drug-likeness (QED) is 0.439. The van der Waals surface area contributed by atoms with Gasteiger partial charge in [-0.05, 0) is 74.8 Å². The maximum atomic E-state index is 11.6. The van der Waals surface area contributed by atoms with Gasteiger partial charge in [-0.25, -0.2) is 4.79 Å². The van der Waals surface area contributed by atoms with Crippen LogP contribution in [0.4, 0.5) is 4.79 Å². The highest BCUT2D eigenvalue weighted by atomic mass is 35.5. The van der Waals surface area contributed by atoms with Crippen LogP contribution in [0.25, 0.3) is 10.9 Å². The molecule has 1 aromatic carbocycles. The van der Waals surface area contributed by atoms with Crippen molar-refractivity contribution in [2.24, 2.45) is 5.41 Å². The number of rotatable bonds is 8. The minimum absolute atomic E-state index is 0.0792. The van der Waals surface area contributed by atoms with Gasteiger partial charge in [-0.15, -0.1) is 0 Å². The minimum atomic E-state index is -0.833. The third-order valence-corrected chi connectivity index (χ3v) is 9.41. The molecule has 1 aromatic heterocycles. The summed E-state index contributed by atoms with van der Waals surface area (Å²) >= 11 is 6.60. The molecule has 1 saturated heterocycles. The molecule has 0 spiro atoms. The number of pyridine rings is 1. The molecule has 6 nitrogen and oxygen atoms in total.